The van der Waals surface area contributed by atoms with Crippen LogP contribution in [0.1, 0.15) is 5.69 Å². The Balaban J connectivity index is 3.19. The van der Waals surface area contributed by atoms with Crippen LogP contribution in [0, 0.1) is 11.3 Å². The molecule has 0 fully saturated rings. The first-order valence-corrected chi connectivity index (χ1v) is 4.58. The van der Waals surface area contributed by atoms with Gasteiger partial charge in [-0.1, -0.05) is 29.2 Å². The summed E-state index contributed by atoms with van der Waals surface area (Å²) >= 11 is 2.05. The fourth-order valence-electron chi connectivity index (χ4n) is 0.919. The predicted octanol–water partition coefficient (Wildman–Crippen LogP) is 2.89. The highest BCUT2D eigenvalue weighted by Crippen LogP contribution is 2.16. The Kier molecular flexibility index (Phi) is 3.11. The highest BCUT2D eigenvalue weighted by atomic mass is 127. The van der Waals surface area contributed by atoms with E-state index in [0.29, 0.717) is 5.57 Å². The number of aromatic nitrogens is 1. The second-order valence-corrected chi connectivity index (χ2v) is 2.74. The fraction of sp³-hybridized carbons (Fsp3) is 0. The molecule has 1 rings (SSSR count). The van der Waals surface area contributed by atoms with E-state index in [0.717, 1.165) is 5.69 Å². The average molecular weight is 270 g/mol. The third-order valence-corrected chi connectivity index (χ3v) is 2.10. The molecule has 0 bridgehead atoms. The van der Waals surface area contributed by atoms with E-state index in [1.54, 1.807) is 10.3 Å². The van der Waals surface area contributed by atoms with Gasteiger partial charge in [-0.3, -0.25) is 0 Å². The molecule has 0 aromatic carbocycles. The van der Waals surface area contributed by atoms with E-state index >= 15 is 0 Å². The zero-order valence-corrected chi connectivity index (χ0v) is 8.52. The summed E-state index contributed by atoms with van der Waals surface area (Å²) < 4.78 is 3.57. The molecule has 0 atom stereocenters. The lowest BCUT2D eigenvalue weighted by Crippen LogP contribution is -1.89. The van der Waals surface area contributed by atoms with Crippen molar-refractivity contribution in [3.8, 4) is 6.07 Å². The first kappa shape index (κ1) is 9.07. The molecule has 1 aromatic rings. The van der Waals surface area contributed by atoms with Gasteiger partial charge in [-0.2, -0.15) is 5.26 Å². The molecular weight excluding hydrogens is 263 g/mol. The molecule has 0 aliphatic carbocycles. The van der Waals surface area contributed by atoms with Gasteiger partial charge >= 0.3 is 0 Å². The Morgan fingerprint density at radius 2 is 2.50 bits per heavy atom. The smallest absolute Gasteiger partial charge is 0.102 e. The average Bonchev–Trinajstić information content (AvgIpc) is 2.55. The van der Waals surface area contributed by atoms with Crippen molar-refractivity contribution in [2.45, 2.75) is 0 Å². The molecule has 0 aliphatic heterocycles. The number of hydrogen-bond donors (Lipinski definition) is 0. The Morgan fingerprint density at radius 1 is 1.75 bits per heavy atom. The van der Waals surface area contributed by atoms with Gasteiger partial charge in [-0.25, -0.2) is 0 Å². The van der Waals surface area contributed by atoms with E-state index in [-0.39, 0.29) is 0 Å². The van der Waals surface area contributed by atoms with E-state index in [1.807, 2.05) is 22.9 Å². The van der Waals surface area contributed by atoms with Gasteiger partial charge in [0.05, 0.1) is 11.3 Å². The van der Waals surface area contributed by atoms with Crippen molar-refractivity contribution in [1.29, 1.82) is 5.26 Å². The van der Waals surface area contributed by atoms with Crippen molar-refractivity contribution in [2.75, 3.05) is 0 Å². The summed E-state index contributed by atoms with van der Waals surface area (Å²) in [4.78, 5) is 0. The molecule has 60 valence electrons. The minimum Gasteiger partial charge on any atom is -0.323 e. The topological polar surface area (TPSA) is 28.7 Å². The van der Waals surface area contributed by atoms with Crippen LogP contribution < -0.4 is 0 Å². The summed E-state index contributed by atoms with van der Waals surface area (Å²) in [5, 5.41) is 8.75. The minimum absolute atomic E-state index is 0.653. The largest absolute Gasteiger partial charge is 0.323 e. The van der Waals surface area contributed by atoms with E-state index in [4.69, 9.17) is 5.26 Å². The number of halogens is 1. The highest BCUT2D eigenvalue weighted by Gasteiger charge is 2.02. The molecule has 0 amide bonds. The normalized spacial score (nSPS) is 10.8. The monoisotopic (exact) mass is 270 g/mol. The molecule has 0 saturated heterocycles. The van der Waals surface area contributed by atoms with E-state index in [9.17, 15) is 0 Å². The van der Waals surface area contributed by atoms with Crippen LogP contribution in [0.2, 0.25) is 0 Å². The number of nitriles is 1. The van der Waals surface area contributed by atoms with Crippen molar-refractivity contribution < 1.29 is 0 Å². The summed E-state index contributed by atoms with van der Waals surface area (Å²) in [6, 6.07) is 5.88. The van der Waals surface area contributed by atoms with Gasteiger partial charge < -0.3 is 4.57 Å². The molecule has 2 nitrogen and oxygen atoms in total. The molecule has 0 unspecified atom stereocenters. The minimum atomic E-state index is 0.653. The highest BCUT2D eigenvalue weighted by molar-refractivity contribution is 14.1. The van der Waals surface area contributed by atoms with Crippen molar-refractivity contribution >= 4 is 34.4 Å². The van der Waals surface area contributed by atoms with Crippen molar-refractivity contribution in [2.24, 2.45) is 0 Å². The second kappa shape index (κ2) is 4.12. The SMILES string of the molecule is C=Cn1cccc1/C(C#N)=C/I. The van der Waals surface area contributed by atoms with Crippen molar-refractivity contribution in [3.63, 3.8) is 0 Å². The molecule has 0 saturated carbocycles. The summed E-state index contributed by atoms with van der Waals surface area (Å²) in [5.41, 5.74) is 1.53. The maximum Gasteiger partial charge on any atom is 0.102 e. The first-order valence-electron chi connectivity index (χ1n) is 3.33. The lowest BCUT2D eigenvalue weighted by Gasteiger charge is -1.99. The van der Waals surface area contributed by atoms with E-state index in [1.165, 1.54) is 0 Å². The second-order valence-electron chi connectivity index (χ2n) is 2.12. The third kappa shape index (κ3) is 1.59. The lowest BCUT2D eigenvalue weighted by atomic mass is 10.2. The van der Waals surface area contributed by atoms with Gasteiger partial charge in [0.15, 0.2) is 0 Å². The summed E-state index contributed by atoms with van der Waals surface area (Å²) in [6.45, 7) is 3.64. The molecule has 3 heteroatoms. The maximum absolute atomic E-state index is 8.75. The Morgan fingerprint density at radius 3 is 3.00 bits per heavy atom. The molecule has 0 radical (unpaired) electrons. The quantitative estimate of drug-likeness (QED) is 0.600. The van der Waals surface area contributed by atoms with Crippen LogP contribution >= 0.6 is 22.6 Å². The fourth-order valence-corrected chi connectivity index (χ4v) is 1.38. The zero-order valence-electron chi connectivity index (χ0n) is 6.37. The third-order valence-electron chi connectivity index (χ3n) is 1.48. The number of rotatable bonds is 2. The zero-order chi connectivity index (χ0) is 8.97. The molecule has 12 heavy (non-hydrogen) atoms. The summed E-state index contributed by atoms with van der Waals surface area (Å²) in [5.74, 6) is 0. The molecule has 0 N–H and O–H groups in total. The molecular formula is C9H7IN2. The van der Waals surface area contributed by atoms with Gasteiger partial charge in [0.25, 0.3) is 0 Å². The lowest BCUT2D eigenvalue weighted by molar-refractivity contribution is 1.14. The van der Waals surface area contributed by atoms with Crippen LogP contribution in [0.5, 0.6) is 0 Å². The number of nitrogens with zero attached hydrogens (tertiary/aromatic N) is 2. The van der Waals surface area contributed by atoms with E-state index < -0.39 is 0 Å². The van der Waals surface area contributed by atoms with Crippen molar-refractivity contribution in [1.82, 2.24) is 4.57 Å². The molecule has 1 aromatic heterocycles. The van der Waals surface area contributed by atoms with Crippen LogP contribution in [0.3, 0.4) is 0 Å². The van der Waals surface area contributed by atoms with Gasteiger partial charge in [-0.15, -0.1) is 0 Å². The number of hydrogen-bond acceptors (Lipinski definition) is 1. The van der Waals surface area contributed by atoms with Crippen molar-refractivity contribution in [3.05, 3.63) is 34.7 Å². The molecule has 1 heterocycles. The van der Waals surface area contributed by atoms with Crippen LogP contribution in [-0.4, -0.2) is 4.57 Å². The van der Waals surface area contributed by atoms with Gasteiger partial charge in [0, 0.05) is 12.4 Å². The van der Waals surface area contributed by atoms with Crippen LogP contribution in [-0.2, 0) is 0 Å². The van der Waals surface area contributed by atoms with Gasteiger partial charge in [0.2, 0.25) is 0 Å². The van der Waals surface area contributed by atoms with Crippen LogP contribution in [0.15, 0.2) is 29.0 Å². The maximum atomic E-state index is 8.75. The first-order chi connectivity index (χ1) is 5.83. The van der Waals surface area contributed by atoms with Crippen LogP contribution in [0.4, 0.5) is 0 Å². The predicted molar refractivity (Wildman–Crippen MR) is 58.4 cm³/mol. The summed E-state index contributed by atoms with van der Waals surface area (Å²) in [7, 11) is 0. The van der Waals surface area contributed by atoms with Crippen LogP contribution in [0.25, 0.3) is 11.8 Å². The van der Waals surface area contributed by atoms with E-state index in [2.05, 4.69) is 35.2 Å². The summed E-state index contributed by atoms with van der Waals surface area (Å²) in [6.07, 6.45) is 3.53. The Hall–Kier alpha value is -1.02. The standard InChI is InChI=1S/C9H7IN2/c1-2-12-5-3-4-9(12)8(6-10)7-11/h2-6H,1H2/b8-6+. The van der Waals surface area contributed by atoms with Gasteiger partial charge in [-0.05, 0) is 16.2 Å². The Labute approximate surface area is 85.0 Å². The van der Waals surface area contributed by atoms with Gasteiger partial charge in [0.1, 0.15) is 6.07 Å². The Bertz CT molecular complexity index is 355. The molecule has 0 spiro atoms. The molecule has 0 aliphatic rings. The number of allylic oxidation sites excluding steroid dienone is 1.